The lowest BCUT2D eigenvalue weighted by Gasteiger charge is -2.40. The van der Waals surface area contributed by atoms with Crippen LogP contribution in [0.2, 0.25) is 0 Å². The molecule has 1 aliphatic rings. The summed E-state index contributed by atoms with van der Waals surface area (Å²) in [4.78, 5) is 15.6. The van der Waals surface area contributed by atoms with Crippen LogP contribution in [0.15, 0.2) is 95.9 Å². The van der Waals surface area contributed by atoms with Crippen molar-refractivity contribution in [3.8, 4) is 0 Å². The van der Waals surface area contributed by atoms with Crippen molar-refractivity contribution in [3.05, 3.63) is 102 Å². The molecule has 0 radical (unpaired) electrons. The standard InChI is InChI=1S/C32H41N3O4S.ClH/c1-3-33-31-23-28(32(36)39-25-26-13-7-4-8-14-26)19-21-35(31)22-20-29(27-15-9-5-10-16-27)24-34(2)40(37,38)30-17-11-6-12-18-30;/h4-18,28-29,31,33H,3,19-25H2,1-2H3;1H. The molecule has 7 nitrogen and oxygen atoms in total. The molecule has 3 unspecified atom stereocenters. The van der Waals surface area contributed by atoms with Crippen LogP contribution in [0.25, 0.3) is 0 Å². The van der Waals surface area contributed by atoms with Crippen LogP contribution in [0.4, 0.5) is 0 Å². The van der Waals surface area contributed by atoms with Crippen LogP contribution in [0.5, 0.6) is 0 Å². The summed E-state index contributed by atoms with van der Waals surface area (Å²) in [5.41, 5.74) is 2.11. The number of carbonyl (C=O) groups is 1. The lowest BCUT2D eigenvalue weighted by atomic mass is 9.92. The van der Waals surface area contributed by atoms with Gasteiger partial charge in [-0.25, -0.2) is 12.7 Å². The summed E-state index contributed by atoms with van der Waals surface area (Å²) < 4.78 is 33.6. The Hall–Kier alpha value is -2.75. The van der Waals surface area contributed by atoms with Gasteiger partial charge < -0.3 is 10.1 Å². The number of piperidine rings is 1. The Morgan fingerprint density at radius 3 is 2.24 bits per heavy atom. The molecule has 3 atom stereocenters. The fraction of sp³-hybridized carbons (Fsp3) is 0.406. The van der Waals surface area contributed by atoms with E-state index in [0.717, 1.165) is 43.6 Å². The zero-order valence-electron chi connectivity index (χ0n) is 23.9. The summed E-state index contributed by atoms with van der Waals surface area (Å²) in [6.07, 6.45) is 2.30. The first-order chi connectivity index (χ1) is 19.4. The molecule has 3 aromatic rings. The van der Waals surface area contributed by atoms with Crippen molar-refractivity contribution in [1.29, 1.82) is 0 Å². The van der Waals surface area contributed by atoms with Gasteiger partial charge in [0.15, 0.2) is 0 Å². The Kier molecular flexibility index (Phi) is 12.8. The molecule has 1 fully saturated rings. The Bertz CT molecular complexity index is 1300. The average molecular weight is 600 g/mol. The van der Waals surface area contributed by atoms with Gasteiger partial charge in [-0.3, -0.25) is 9.69 Å². The van der Waals surface area contributed by atoms with E-state index >= 15 is 0 Å². The van der Waals surface area contributed by atoms with Crippen molar-refractivity contribution in [2.45, 2.75) is 49.8 Å². The van der Waals surface area contributed by atoms with Gasteiger partial charge in [-0.2, -0.15) is 0 Å². The van der Waals surface area contributed by atoms with Crippen molar-refractivity contribution in [1.82, 2.24) is 14.5 Å². The highest BCUT2D eigenvalue weighted by Gasteiger charge is 2.33. The van der Waals surface area contributed by atoms with Crippen LogP contribution < -0.4 is 5.32 Å². The van der Waals surface area contributed by atoms with Gasteiger partial charge in [-0.05, 0) is 55.0 Å². The van der Waals surface area contributed by atoms with Crippen molar-refractivity contribution in [2.75, 3.05) is 33.2 Å². The van der Waals surface area contributed by atoms with Crippen molar-refractivity contribution < 1.29 is 17.9 Å². The van der Waals surface area contributed by atoms with Crippen LogP contribution in [-0.2, 0) is 26.2 Å². The van der Waals surface area contributed by atoms with Crippen LogP contribution >= 0.6 is 12.4 Å². The molecule has 222 valence electrons. The number of nitrogens with zero attached hydrogens (tertiary/aromatic N) is 2. The second kappa shape index (κ2) is 16.0. The molecule has 41 heavy (non-hydrogen) atoms. The highest BCUT2D eigenvalue weighted by atomic mass is 35.5. The fourth-order valence-corrected chi connectivity index (χ4v) is 6.62. The van der Waals surface area contributed by atoms with Gasteiger partial charge in [0, 0.05) is 26.7 Å². The van der Waals surface area contributed by atoms with Crippen LogP contribution in [0.1, 0.15) is 43.2 Å². The normalized spacial score (nSPS) is 18.4. The predicted molar refractivity (Wildman–Crippen MR) is 165 cm³/mol. The van der Waals surface area contributed by atoms with Crippen LogP contribution in [0.3, 0.4) is 0 Å². The average Bonchev–Trinajstić information content (AvgIpc) is 2.99. The van der Waals surface area contributed by atoms with E-state index < -0.39 is 10.0 Å². The van der Waals surface area contributed by atoms with E-state index in [1.54, 1.807) is 31.3 Å². The van der Waals surface area contributed by atoms with E-state index in [9.17, 15) is 13.2 Å². The van der Waals surface area contributed by atoms with Gasteiger partial charge in [-0.1, -0.05) is 85.8 Å². The number of esters is 1. The molecule has 1 N–H and O–H groups in total. The molecule has 4 rings (SSSR count). The summed E-state index contributed by atoms with van der Waals surface area (Å²) in [6, 6.07) is 28.5. The Balaban J connectivity index is 0.00000462. The number of sulfonamides is 1. The summed E-state index contributed by atoms with van der Waals surface area (Å²) in [7, 11) is -1.93. The van der Waals surface area contributed by atoms with Crippen molar-refractivity contribution >= 4 is 28.4 Å². The monoisotopic (exact) mass is 599 g/mol. The molecule has 0 spiro atoms. The van der Waals surface area contributed by atoms with E-state index in [4.69, 9.17) is 4.74 Å². The Morgan fingerprint density at radius 1 is 1.00 bits per heavy atom. The summed E-state index contributed by atoms with van der Waals surface area (Å²) >= 11 is 0. The summed E-state index contributed by atoms with van der Waals surface area (Å²) in [5, 5.41) is 3.56. The first-order valence-electron chi connectivity index (χ1n) is 14.1. The SMILES string of the molecule is CCNC1CC(C(=O)OCc2ccccc2)CCN1CCC(CN(C)S(=O)(=O)c1ccccc1)c1ccccc1.Cl. The number of benzene rings is 3. The zero-order chi connectivity index (χ0) is 28.4. The second-order valence-electron chi connectivity index (χ2n) is 10.4. The maximum atomic E-state index is 13.2. The third-order valence-electron chi connectivity index (χ3n) is 7.67. The second-order valence-corrected chi connectivity index (χ2v) is 12.5. The lowest BCUT2D eigenvalue weighted by Crippen LogP contribution is -2.52. The van der Waals surface area contributed by atoms with Crippen LogP contribution in [0, 0.1) is 5.92 Å². The molecule has 0 amide bonds. The van der Waals surface area contributed by atoms with Gasteiger partial charge in [0.1, 0.15) is 6.61 Å². The lowest BCUT2D eigenvalue weighted by molar-refractivity contribution is -0.152. The first-order valence-corrected chi connectivity index (χ1v) is 15.6. The quantitative estimate of drug-likeness (QED) is 0.269. The number of carbonyl (C=O) groups excluding carboxylic acids is 1. The van der Waals surface area contributed by atoms with Gasteiger partial charge in [0.25, 0.3) is 0 Å². The smallest absolute Gasteiger partial charge is 0.309 e. The molecule has 1 heterocycles. The Labute approximate surface area is 251 Å². The van der Waals surface area contributed by atoms with E-state index in [2.05, 4.69) is 29.3 Å². The molecule has 1 aliphatic heterocycles. The largest absolute Gasteiger partial charge is 0.461 e. The third-order valence-corrected chi connectivity index (χ3v) is 9.51. The molecule has 0 aromatic heterocycles. The third kappa shape index (κ3) is 9.12. The molecule has 3 aromatic carbocycles. The molecule has 9 heteroatoms. The molecular formula is C32H42ClN3O4S. The number of nitrogens with one attached hydrogen (secondary N) is 1. The van der Waals surface area contributed by atoms with E-state index in [0.29, 0.717) is 24.5 Å². The molecule has 1 saturated heterocycles. The van der Waals surface area contributed by atoms with E-state index in [-0.39, 0.29) is 36.4 Å². The number of ether oxygens (including phenoxy) is 1. The summed E-state index contributed by atoms with van der Waals surface area (Å²) in [5.74, 6) is -0.252. The van der Waals surface area contributed by atoms with E-state index in [1.165, 1.54) is 4.31 Å². The number of likely N-dealkylation sites (N-methyl/N-ethyl adjacent to an activating group) is 1. The van der Waals surface area contributed by atoms with Crippen molar-refractivity contribution in [3.63, 3.8) is 0 Å². The minimum absolute atomic E-state index is 0. The molecule has 0 aliphatic carbocycles. The summed E-state index contributed by atoms with van der Waals surface area (Å²) in [6.45, 7) is 5.13. The van der Waals surface area contributed by atoms with Gasteiger partial charge in [-0.15, -0.1) is 12.4 Å². The molecule has 0 bridgehead atoms. The maximum absolute atomic E-state index is 13.2. The van der Waals surface area contributed by atoms with Gasteiger partial charge >= 0.3 is 5.97 Å². The number of hydrogen-bond acceptors (Lipinski definition) is 6. The highest BCUT2D eigenvalue weighted by Crippen LogP contribution is 2.28. The number of likely N-dealkylation sites (tertiary alicyclic amines) is 1. The highest BCUT2D eigenvalue weighted by molar-refractivity contribution is 7.89. The number of rotatable bonds is 13. The molecular weight excluding hydrogens is 558 g/mol. The topological polar surface area (TPSA) is 79.0 Å². The van der Waals surface area contributed by atoms with E-state index in [1.807, 2.05) is 54.6 Å². The number of hydrogen-bond donors (Lipinski definition) is 1. The maximum Gasteiger partial charge on any atom is 0.309 e. The minimum atomic E-state index is -3.59. The predicted octanol–water partition coefficient (Wildman–Crippen LogP) is 5.29. The fourth-order valence-electron chi connectivity index (χ4n) is 5.38. The Morgan fingerprint density at radius 2 is 1.61 bits per heavy atom. The van der Waals surface area contributed by atoms with Gasteiger partial charge in [0.2, 0.25) is 10.0 Å². The van der Waals surface area contributed by atoms with Crippen molar-refractivity contribution in [2.24, 2.45) is 5.92 Å². The van der Waals surface area contributed by atoms with Crippen LogP contribution in [-0.4, -0.2) is 63.0 Å². The van der Waals surface area contributed by atoms with Gasteiger partial charge in [0.05, 0.1) is 17.0 Å². The number of halogens is 1. The first kappa shape index (κ1) is 32.8. The zero-order valence-corrected chi connectivity index (χ0v) is 25.5. The minimum Gasteiger partial charge on any atom is -0.461 e. The molecule has 0 saturated carbocycles.